The summed E-state index contributed by atoms with van der Waals surface area (Å²) in [5.74, 6) is 0.335. The van der Waals surface area contributed by atoms with Crippen molar-refractivity contribution in [3.63, 3.8) is 0 Å². The molecule has 2 nitrogen and oxygen atoms in total. The summed E-state index contributed by atoms with van der Waals surface area (Å²) in [6.45, 7) is 0. The normalized spacial score (nSPS) is 21.6. The number of aliphatic hydroxyl groups is 1. The third-order valence-electron chi connectivity index (χ3n) is 5.44. The minimum atomic E-state index is -0.527. The van der Waals surface area contributed by atoms with E-state index < -0.39 is 11.9 Å². The monoisotopic (exact) mass is 522 g/mol. The molecule has 0 saturated heterocycles. The lowest BCUT2D eigenvalue weighted by Gasteiger charge is -2.21. The molecular formula is C24H21ClFIO2. The lowest BCUT2D eigenvalue weighted by molar-refractivity contribution is 0.151. The molecule has 0 amide bonds. The predicted molar refractivity (Wildman–Crippen MR) is 123 cm³/mol. The Bertz CT molecular complexity index is 980. The van der Waals surface area contributed by atoms with Crippen LogP contribution in [0.4, 0.5) is 4.39 Å². The Hall–Kier alpha value is -1.63. The topological polar surface area (TPSA) is 29.5 Å². The van der Waals surface area contributed by atoms with Gasteiger partial charge in [0.15, 0.2) is 11.6 Å². The van der Waals surface area contributed by atoms with Crippen molar-refractivity contribution in [2.75, 3.05) is 0 Å². The summed E-state index contributed by atoms with van der Waals surface area (Å²) in [5.41, 5.74) is 2.04. The Morgan fingerprint density at radius 3 is 2.45 bits per heavy atom. The highest BCUT2D eigenvalue weighted by Gasteiger charge is 2.54. The van der Waals surface area contributed by atoms with E-state index in [1.165, 1.54) is 11.6 Å². The van der Waals surface area contributed by atoms with Crippen molar-refractivity contribution >= 4 is 34.2 Å². The number of alkyl halides is 1. The molecule has 3 atom stereocenters. The van der Waals surface area contributed by atoms with Crippen LogP contribution in [0, 0.1) is 5.82 Å². The van der Waals surface area contributed by atoms with Gasteiger partial charge in [-0.15, -0.1) is 0 Å². The van der Waals surface area contributed by atoms with Crippen molar-refractivity contribution in [2.24, 2.45) is 0 Å². The Morgan fingerprint density at radius 1 is 1.10 bits per heavy atom. The maximum atomic E-state index is 14.2. The molecule has 3 aromatic carbocycles. The summed E-state index contributed by atoms with van der Waals surface area (Å²) < 4.78 is 20.3. The van der Waals surface area contributed by atoms with Crippen molar-refractivity contribution in [3.05, 3.63) is 94.8 Å². The molecule has 0 aromatic heterocycles. The maximum Gasteiger partial charge on any atom is 0.165 e. The molecule has 0 radical (unpaired) electrons. The molecule has 1 N–H and O–H groups in total. The molecule has 1 saturated carbocycles. The third-order valence-corrected chi connectivity index (χ3v) is 7.32. The van der Waals surface area contributed by atoms with Gasteiger partial charge in [0.1, 0.15) is 5.75 Å². The Balaban J connectivity index is 1.46. The number of aliphatic hydroxyl groups excluding tert-OH is 1. The Kier molecular flexibility index (Phi) is 6.13. The summed E-state index contributed by atoms with van der Waals surface area (Å²) >= 11 is 8.48. The average molecular weight is 523 g/mol. The zero-order valence-electron chi connectivity index (χ0n) is 15.7. The summed E-state index contributed by atoms with van der Waals surface area (Å²) in [7, 11) is 0. The SMILES string of the molecule is OC(Cc1ccc(F)c(Oc2ccccc2)c1)CC1(c2ccc(Cl)cc2)CC1I. The number of ether oxygens (including phenoxy) is 1. The minimum absolute atomic E-state index is 0.0199. The van der Waals surface area contributed by atoms with Gasteiger partial charge in [0.25, 0.3) is 0 Å². The number of para-hydroxylation sites is 1. The zero-order valence-corrected chi connectivity index (χ0v) is 18.6. The van der Waals surface area contributed by atoms with Crippen LogP contribution in [0.2, 0.25) is 5.02 Å². The average Bonchev–Trinajstić information content (AvgIpc) is 3.35. The number of benzene rings is 3. The fourth-order valence-corrected chi connectivity index (χ4v) is 5.33. The van der Waals surface area contributed by atoms with Gasteiger partial charge in [0.05, 0.1) is 6.10 Å². The van der Waals surface area contributed by atoms with E-state index in [4.69, 9.17) is 16.3 Å². The van der Waals surface area contributed by atoms with Crippen LogP contribution in [0.25, 0.3) is 0 Å². The van der Waals surface area contributed by atoms with Crippen LogP contribution in [-0.2, 0) is 11.8 Å². The lowest BCUT2D eigenvalue weighted by Crippen LogP contribution is -2.22. The van der Waals surface area contributed by atoms with Crippen LogP contribution in [-0.4, -0.2) is 15.1 Å². The predicted octanol–water partition coefficient (Wildman–Crippen LogP) is 6.71. The van der Waals surface area contributed by atoms with Crippen molar-refractivity contribution < 1.29 is 14.2 Å². The summed E-state index contributed by atoms with van der Waals surface area (Å²) in [6, 6.07) is 21.8. The van der Waals surface area contributed by atoms with Crippen LogP contribution >= 0.6 is 34.2 Å². The van der Waals surface area contributed by atoms with Crippen molar-refractivity contribution in [2.45, 2.75) is 34.7 Å². The zero-order chi connectivity index (χ0) is 20.4. The second-order valence-corrected chi connectivity index (χ2v) is 9.52. The molecule has 1 aliphatic rings. The number of hydrogen-bond acceptors (Lipinski definition) is 2. The van der Waals surface area contributed by atoms with E-state index in [2.05, 4.69) is 34.7 Å². The molecule has 1 fully saturated rings. The summed E-state index contributed by atoms with van der Waals surface area (Å²) in [6.07, 6.45) is 1.62. The van der Waals surface area contributed by atoms with E-state index >= 15 is 0 Å². The van der Waals surface area contributed by atoms with Gasteiger partial charge >= 0.3 is 0 Å². The summed E-state index contributed by atoms with van der Waals surface area (Å²) in [5, 5.41) is 11.5. The first-order valence-electron chi connectivity index (χ1n) is 9.56. The van der Waals surface area contributed by atoms with Gasteiger partial charge in [0.2, 0.25) is 0 Å². The molecule has 29 heavy (non-hydrogen) atoms. The van der Waals surface area contributed by atoms with Crippen LogP contribution in [0.5, 0.6) is 11.5 Å². The smallest absolute Gasteiger partial charge is 0.165 e. The van der Waals surface area contributed by atoms with Gasteiger partial charge in [0, 0.05) is 14.4 Å². The van der Waals surface area contributed by atoms with Crippen LogP contribution < -0.4 is 4.74 Å². The van der Waals surface area contributed by atoms with Crippen LogP contribution in [0.1, 0.15) is 24.0 Å². The van der Waals surface area contributed by atoms with Gasteiger partial charge in [-0.25, -0.2) is 4.39 Å². The van der Waals surface area contributed by atoms with Crippen molar-refractivity contribution in [1.82, 2.24) is 0 Å². The molecule has 3 aromatic rings. The highest BCUT2D eigenvalue weighted by atomic mass is 127. The van der Waals surface area contributed by atoms with Gasteiger partial charge in [-0.05, 0) is 66.8 Å². The van der Waals surface area contributed by atoms with Gasteiger partial charge in [-0.2, -0.15) is 0 Å². The van der Waals surface area contributed by atoms with E-state index in [9.17, 15) is 9.50 Å². The first-order chi connectivity index (χ1) is 14.0. The fourth-order valence-electron chi connectivity index (χ4n) is 3.80. The highest BCUT2D eigenvalue weighted by molar-refractivity contribution is 14.1. The second-order valence-electron chi connectivity index (χ2n) is 7.58. The fraction of sp³-hybridized carbons (Fsp3) is 0.250. The molecule has 0 bridgehead atoms. The van der Waals surface area contributed by atoms with Crippen LogP contribution in [0.3, 0.4) is 0 Å². The van der Waals surface area contributed by atoms with E-state index in [0.29, 0.717) is 27.5 Å². The summed E-state index contributed by atoms with van der Waals surface area (Å²) in [4.78, 5) is 0. The third kappa shape index (κ3) is 4.76. The quantitative estimate of drug-likeness (QED) is 0.276. The van der Waals surface area contributed by atoms with E-state index in [-0.39, 0.29) is 11.2 Å². The van der Waals surface area contributed by atoms with Gasteiger partial charge in [-0.1, -0.05) is 70.6 Å². The molecule has 0 spiro atoms. The molecule has 3 unspecified atom stereocenters. The highest BCUT2D eigenvalue weighted by Crippen LogP contribution is 2.57. The Morgan fingerprint density at radius 2 is 1.79 bits per heavy atom. The van der Waals surface area contributed by atoms with E-state index in [0.717, 1.165) is 12.0 Å². The molecule has 5 heteroatoms. The van der Waals surface area contributed by atoms with Gasteiger partial charge in [-0.3, -0.25) is 0 Å². The molecular weight excluding hydrogens is 502 g/mol. The molecule has 4 rings (SSSR count). The molecule has 0 aliphatic heterocycles. The van der Waals surface area contributed by atoms with Crippen molar-refractivity contribution in [3.8, 4) is 11.5 Å². The molecule has 1 aliphatic carbocycles. The van der Waals surface area contributed by atoms with Crippen LogP contribution in [0.15, 0.2) is 72.8 Å². The standard InChI is InChI=1S/C24H21ClFIO2/c25-18-9-7-17(8-10-18)24(15-23(24)27)14-19(28)12-16-6-11-21(26)22(13-16)29-20-4-2-1-3-5-20/h1-11,13,19,23,28H,12,14-15H2. The maximum absolute atomic E-state index is 14.2. The minimum Gasteiger partial charge on any atom is -0.454 e. The van der Waals surface area contributed by atoms with E-state index in [1.807, 2.05) is 30.3 Å². The number of rotatable bonds is 7. The number of hydrogen-bond donors (Lipinski definition) is 1. The second kappa shape index (κ2) is 8.62. The van der Waals surface area contributed by atoms with Crippen molar-refractivity contribution in [1.29, 1.82) is 0 Å². The lowest BCUT2D eigenvalue weighted by atomic mass is 9.88. The van der Waals surface area contributed by atoms with Gasteiger partial charge < -0.3 is 9.84 Å². The Labute approximate surface area is 188 Å². The first kappa shape index (κ1) is 20.6. The van der Waals surface area contributed by atoms with E-state index in [1.54, 1.807) is 24.3 Å². The largest absolute Gasteiger partial charge is 0.454 e. The first-order valence-corrected chi connectivity index (χ1v) is 11.2. The molecule has 0 heterocycles. The molecule has 150 valence electrons. The number of halogens is 3.